The highest BCUT2D eigenvalue weighted by Gasteiger charge is 2.24. The SMILES string of the molecule is Cc1cc(F)c([N+](=O)[O-])cc1S(=O)(=O)NCCC(N)=O. The van der Waals surface area contributed by atoms with Crippen LogP contribution in [0.25, 0.3) is 0 Å². The molecule has 20 heavy (non-hydrogen) atoms. The number of amides is 1. The van der Waals surface area contributed by atoms with Crippen LogP contribution in [-0.2, 0) is 14.8 Å². The average Bonchev–Trinajstić information content (AvgIpc) is 2.26. The lowest BCUT2D eigenvalue weighted by Gasteiger charge is -2.09. The molecule has 0 spiro atoms. The van der Waals surface area contributed by atoms with E-state index in [-0.39, 0.29) is 18.5 Å². The van der Waals surface area contributed by atoms with E-state index in [1.165, 1.54) is 6.92 Å². The van der Waals surface area contributed by atoms with Crippen LogP contribution < -0.4 is 10.5 Å². The molecule has 110 valence electrons. The number of hydrogen-bond acceptors (Lipinski definition) is 5. The molecule has 0 fully saturated rings. The Morgan fingerprint density at radius 2 is 2.10 bits per heavy atom. The number of nitro groups is 1. The molecule has 0 saturated carbocycles. The van der Waals surface area contributed by atoms with Crippen molar-refractivity contribution in [2.75, 3.05) is 6.54 Å². The van der Waals surface area contributed by atoms with Crippen LogP contribution in [0, 0.1) is 22.9 Å². The molecule has 0 aliphatic carbocycles. The van der Waals surface area contributed by atoms with Crippen molar-refractivity contribution in [2.24, 2.45) is 5.73 Å². The predicted octanol–water partition coefficient (Wildman–Crippen LogP) is 0.196. The first-order valence-electron chi connectivity index (χ1n) is 5.37. The second-order valence-electron chi connectivity index (χ2n) is 3.94. The maximum Gasteiger partial charge on any atom is 0.306 e. The topological polar surface area (TPSA) is 132 Å². The van der Waals surface area contributed by atoms with Crippen LogP contribution in [-0.4, -0.2) is 25.8 Å². The van der Waals surface area contributed by atoms with Gasteiger partial charge in [-0.05, 0) is 18.6 Å². The van der Waals surface area contributed by atoms with Crippen molar-refractivity contribution in [1.82, 2.24) is 4.72 Å². The molecule has 0 saturated heterocycles. The third-order valence-electron chi connectivity index (χ3n) is 2.39. The summed E-state index contributed by atoms with van der Waals surface area (Å²) in [5.41, 5.74) is 3.94. The Labute approximate surface area is 114 Å². The lowest BCUT2D eigenvalue weighted by Crippen LogP contribution is -2.28. The van der Waals surface area contributed by atoms with Crippen LogP contribution in [0.5, 0.6) is 0 Å². The van der Waals surface area contributed by atoms with E-state index in [0.717, 1.165) is 6.07 Å². The second-order valence-corrected chi connectivity index (χ2v) is 5.68. The predicted molar refractivity (Wildman–Crippen MR) is 66.8 cm³/mol. The first-order valence-corrected chi connectivity index (χ1v) is 6.86. The van der Waals surface area contributed by atoms with Crippen molar-refractivity contribution in [1.29, 1.82) is 0 Å². The summed E-state index contributed by atoms with van der Waals surface area (Å²) in [7, 11) is -4.09. The fourth-order valence-corrected chi connectivity index (χ4v) is 2.73. The Balaban J connectivity index is 3.14. The minimum atomic E-state index is -4.09. The number of rotatable bonds is 6. The molecule has 0 aromatic heterocycles. The van der Waals surface area contributed by atoms with Gasteiger partial charge in [0.05, 0.1) is 9.82 Å². The maximum absolute atomic E-state index is 13.3. The van der Waals surface area contributed by atoms with E-state index in [9.17, 15) is 27.7 Å². The lowest BCUT2D eigenvalue weighted by atomic mass is 10.2. The van der Waals surface area contributed by atoms with Gasteiger partial charge < -0.3 is 5.73 Å². The number of nitro benzene ring substituents is 1. The molecule has 0 aliphatic heterocycles. The second kappa shape index (κ2) is 5.92. The third-order valence-corrected chi connectivity index (χ3v) is 4.00. The molecule has 0 atom stereocenters. The number of nitrogens with one attached hydrogen (secondary N) is 1. The summed E-state index contributed by atoms with van der Waals surface area (Å²) in [6.45, 7) is 1.05. The standard InChI is InChI=1S/C10H12FN3O5S/c1-6-4-7(11)8(14(16)17)5-9(6)20(18,19)13-3-2-10(12)15/h4-5,13H,2-3H2,1H3,(H2,12,15). The molecule has 0 bridgehead atoms. The molecule has 8 nitrogen and oxygen atoms in total. The van der Waals surface area contributed by atoms with Crippen LogP contribution in [0.3, 0.4) is 0 Å². The third kappa shape index (κ3) is 3.71. The molecule has 1 rings (SSSR count). The van der Waals surface area contributed by atoms with Crippen molar-refractivity contribution in [3.63, 3.8) is 0 Å². The number of halogens is 1. The molecule has 0 radical (unpaired) electrons. The summed E-state index contributed by atoms with van der Waals surface area (Å²) in [4.78, 5) is 19.7. The van der Waals surface area contributed by atoms with Gasteiger partial charge in [-0.25, -0.2) is 13.1 Å². The van der Waals surface area contributed by atoms with Crippen LogP contribution in [0.4, 0.5) is 10.1 Å². The summed E-state index contributed by atoms with van der Waals surface area (Å²) in [5.74, 6) is -1.82. The zero-order valence-electron chi connectivity index (χ0n) is 10.4. The van der Waals surface area contributed by atoms with E-state index in [4.69, 9.17) is 5.73 Å². The number of sulfonamides is 1. The van der Waals surface area contributed by atoms with Crippen LogP contribution in [0.15, 0.2) is 17.0 Å². The maximum atomic E-state index is 13.3. The van der Waals surface area contributed by atoms with Crippen LogP contribution in [0.1, 0.15) is 12.0 Å². The Bertz CT molecular complexity index is 659. The first kappa shape index (κ1) is 16.0. The van der Waals surface area contributed by atoms with Gasteiger partial charge in [0.25, 0.3) is 0 Å². The lowest BCUT2D eigenvalue weighted by molar-refractivity contribution is -0.387. The van der Waals surface area contributed by atoms with Crippen molar-refractivity contribution in [2.45, 2.75) is 18.2 Å². The van der Waals surface area contributed by atoms with Gasteiger partial charge in [-0.15, -0.1) is 0 Å². The van der Waals surface area contributed by atoms with E-state index in [1.54, 1.807) is 0 Å². The Morgan fingerprint density at radius 1 is 1.50 bits per heavy atom. The molecule has 0 unspecified atom stereocenters. The minimum Gasteiger partial charge on any atom is -0.370 e. The quantitative estimate of drug-likeness (QED) is 0.572. The highest BCUT2D eigenvalue weighted by Crippen LogP contribution is 2.25. The number of carbonyl (C=O) groups excluding carboxylic acids is 1. The number of carbonyl (C=O) groups is 1. The summed E-state index contributed by atoms with van der Waals surface area (Å²) >= 11 is 0. The molecule has 0 heterocycles. The smallest absolute Gasteiger partial charge is 0.306 e. The van der Waals surface area contributed by atoms with Gasteiger partial charge in [0.15, 0.2) is 0 Å². The Hall–Kier alpha value is -2.07. The molecule has 1 aromatic rings. The molecular formula is C10H12FN3O5S. The number of aryl methyl sites for hydroxylation is 1. The fraction of sp³-hybridized carbons (Fsp3) is 0.300. The summed E-state index contributed by atoms with van der Waals surface area (Å²) in [6.07, 6.45) is -0.221. The van der Waals surface area contributed by atoms with Gasteiger partial charge in [-0.3, -0.25) is 14.9 Å². The number of hydrogen-bond donors (Lipinski definition) is 2. The molecule has 10 heteroatoms. The molecule has 3 N–H and O–H groups in total. The summed E-state index contributed by atoms with van der Waals surface area (Å²) in [5, 5.41) is 10.6. The van der Waals surface area contributed by atoms with Gasteiger partial charge in [0, 0.05) is 19.0 Å². The van der Waals surface area contributed by atoms with E-state index in [1.807, 2.05) is 0 Å². The van der Waals surface area contributed by atoms with Crippen molar-refractivity contribution in [3.8, 4) is 0 Å². The molecular weight excluding hydrogens is 293 g/mol. The van der Waals surface area contributed by atoms with E-state index in [2.05, 4.69) is 4.72 Å². The van der Waals surface area contributed by atoms with Gasteiger partial charge in [-0.1, -0.05) is 0 Å². The van der Waals surface area contributed by atoms with E-state index < -0.39 is 37.3 Å². The fourth-order valence-electron chi connectivity index (χ4n) is 1.46. The zero-order chi connectivity index (χ0) is 15.5. The van der Waals surface area contributed by atoms with Crippen molar-refractivity contribution in [3.05, 3.63) is 33.6 Å². The van der Waals surface area contributed by atoms with E-state index in [0.29, 0.717) is 6.07 Å². The number of nitrogens with two attached hydrogens (primary N) is 1. The normalized spacial score (nSPS) is 11.3. The summed E-state index contributed by atoms with van der Waals surface area (Å²) in [6, 6.07) is 1.40. The number of nitrogens with zero attached hydrogens (tertiary/aromatic N) is 1. The minimum absolute atomic E-state index is 0.0136. The molecule has 1 aromatic carbocycles. The highest BCUT2D eigenvalue weighted by atomic mass is 32.2. The zero-order valence-corrected chi connectivity index (χ0v) is 11.2. The molecule has 0 aliphatic rings. The Morgan fingerprint density at radius 3 is 2.60 bits per heavy atom. The average molecular weight is 305 g/mol. The van der Waals surface area contributed by atoms with E-state index >= 15 is 0 Å². The molecule has 1 amide bonds. The number of benzene rings is 1. The monoisotopic (exact) mass is 305 g/mol. The number of primary amides is 1. The largest absolute Gasteiger partial charge is 0.370 e. The van der Waals surface area contributed by atoms with Crippen LogP contribution in [0.2, 0.25) is 0 Å². The van der Waals surface area contributed by atoms with Gasteiger partial charge >= 0.3 is 5.69 Å². The summed E-state index contributed by atoms with van der Waals surface area (Å²) < 4.78 is 39.2. The van der Waals surface area contributed by atoms with Gasteiger partial charge in [0.1, 0.15) is 0 Å². The van der Waals surface area contributed by atoms with Crippen molar-refractivity contribution >= 4 is 21.6 Å². The Kier molecular flexibility index (Phi) is 4.73. The van der Waals surface area contributed by atoms with Gasteiger partial charge in [-0.2, -0.15) is 4.39 Å². The first-order chi connectivity index (χ1) is 9.15. The van der Waals surface area contributed by atoms with Crippen molar-refractivity contribution < 1.29 is 22.5 Å². The van der Waals surface area contributed by atoms with Crippen LogP contribution >= 0.6 is 0 Å². The highest BCUT2D eigenvalue weighted by molar-refractivity contribution is 7.89. The van der Waals surface area contributed by atoms with Gasteiger partial charge in [0.2, 0.25) is 21.7 Å².